The molecule has 21 heavy (non-hydrogen) atoms. The lowest BCUT2D eigenvalue weighted by molar-refractivity contribution is 0.123. The number of nitrogens with zero attached hydrogens (tertiary/aromatic N) is 1. The van der Waals surface area contributed by atoms with Crippen molar-refractivity contribution in [2.45, 2.75) is 18.9 Å². The fraction of sp³-hybridized carbons (Fsp3) is 0.714. The summed E-state index contributed by atoms with van der Waals surface area (Å²) in [4.78, 5) is 0. The highest BCUT2D eigenvalue weighted by atomic mass is 33.1. The fourth-order valence-corrected chi connectivity index (χ4v) is 6.21. The van der Waals surface area contributed by atoms with Crippen LogP contribution in [0.5, 0.6) is 0 Å². The first kappa shape index (κ1) is 19.3. The maximum absolute atomic E-state index is 5.42. The predicted octanol–water partition coefficient (Wildman–Crippen LogP) is 3.62. The van der Waals surface area contributed by atoms with Crippen molar-refractivity contribution in [3.8, 4) is 0 Å². The summed E-state index contributed by atoms with van der Waals surface area (Å²) < 4.78 is 18.6. The van der Waals surface area contributed by atoms with Gasteiger partial charge in [-0.2, -0.15) is 0 Å². The molecule has 4 nitrogen and oxygen atoms in total. The number of hydrogen-bond acceptors (Lipinski definition) is 6. The molecular weight excluding hydrogens is 322 g/mol. The molecule has 0 bridgehead atoms. The zero-order chi connectivity index (χ0) is 15.6. The Morgan fingerprint density at radius 2 is 1.90 bits per heavy atom. The predicted molar refractivity (Wildman–Crippen MR) is 95.3 cm³/mol. The maximum atomic E-state index is 5.42. The summed E-state index contributed by atoms with van der Waals surface area (Å²) in [6.07, 6.45) is 11.0. The van der Waals surface area contributed by atoms with Crippen LogP contribution in [0.15, 0.2) is 24.3 Å². The van der Waals surface area contributed by atoms with Crippen LogP contribution < -0.4 is 0 Å². The molecule has 0 spiro atoms. The largest absolute Gasteiger partial charge is 0.500 e. The van der Waals surface area contributed by atoms with Crippen molar-refractivity contribution < 1.29 is 13.3 Å². The number of rotatable bonds is 11. The first-order chi connectivity index (χ1) is 10.2. The molecule has 0 saturated carbocycles. The van der Waals surface area contributed by atoms with Gasteiger partial charge in [0.15, 0.2) is 0 Å². The van der Waals surface area contributed by atoms with E-state index in [1.54, 1.807) is 21.3 Å². The Morgan fingerprint density at radius 1 is 1.19 bits per heavy atom. The monoisotopic (exact) mass is 349 g/mol. The van der Waals surface area contributed by atoms with Gasteiger partial charge in [-0.15, -0.1) is 0 Å². The standard InChI is InChI=1S/C14H27NO3S2Si/c1-15(13-14-9-6-5-7-10-14)20-19-11-8-12-21(16-2,17-3)18-4/h5-7,9,14H,8,10-13H2,1-4H3. The van der Waals surface area contributed by atoms with Crippen molar-refractivity contribution in [2.75, 3.05) is 40.7 Å². The second-order valence-corrected chi connectivity index (χ2v) is 10.6. The third-order valence-electron chi connectivity index (χ3n) is 3.38. The van der Waals surface area contributed by atoms with Crippen LogP contribution in [0, 0.1) is 5.92 Å². The average Bonchev–Trinajstić information content (AvgIpc) is 2.52. The van der Waals surface area contributed by atoms with E-state index in [9.17, 15) is 0 Å². The zero-order valence-electron chi connectivity index (χ0n) is 13.4. The van der Waals surface area contributed by atoms with Gasteiger partial charge in [-0.3, -0.25) is 0 Å². The Labute approximate surface area is 138 Å². The summed E-state index contributed by atoms with van der Waals surface area (Å²) in [5.74, 6) is 1.71. The van der Waals surface area contributed by atoms with E-state index in [0.717, 1.165) is 31.2 Å². The van der Waals surface area contributed by atoms with Crippen molar-refractivity contribution >= 4 is 30.6 Å². The molecule has 0 heterocycles. The first-order valence-electron chi connectivity index (χ1n) is 7.15. The van der Waals surface area contributed by atoms with Crippen LogP contribution in [-0.4, -0.2) is 53.8 Å². The lowest BCUT2D eigenvalue weighted by Crippen LogP contribution is -2.42. The van der Waals surface area contributed by atoms with Gasteiger partial charge in [0.25, 0.3) is 0 Å². The van der Waals surface area contributed by atoms with Gasteiger partial charge in [-0.1, -0.05) is 35.1 Å². The minimum Gasteiger partial charge on any atom is -0.377 e. The molecule has 0 amide bonds. The minimum absolute atomic E-state index is 0.642. The van der Waals surface area contributed by atoms with E-state index in [0.29, 0.717) is 5.92 Å². The normalized spacial score (nSPS) is 18.6. The summed E-state index contributed by atoms with van der Waals surface area (Å²) in [5.41, 5.74) is 0. The van der Waals surface area contributed by atoms with Crippen LogP contribution in [0.4, 0.5) is 0 Å². The number of hydrogen-bond donors (Lipinski definition) is 0. The van der Waals surface area contributed by atoms with Gasteiger partial charge in [-0.25, -0.2) is 4.31 Å². The van der Waals surface area contributed by atoms with E-state index in [-0.39, 0.29) is 0 Å². The quantitative estimate of drug-likeness (QED) is 0.245. The third kappa shape index (κ3) is 7.36. The second-order valence-electron chi connectivity index (χ2n) is 4.91. The fourth-order valence-electron chi connectivity index (χ4n) is 2.16. The molecule has 0 fully saturated rings. The smallest absolute Gasteiger partial charge is 0.377 e. The molecule has 0 aliphatic heterocycles. The van der Waals surface area contributed by atoms with Crippen LogP contribution in [-0.2, 0) is 13.3 Å². The van der Waals surface area contributed by atoms with Crippen LogP contribution in [0.25, 0.3) is 0 Å². The third-order valence-corrected chi connectivity index (χ3v) is 8.76. The summed E-state index contributed by atoms with van der Waals surface area (Å²) in [6, 6.07) is 0.865. The van der Waals surface area contributed by atoms with Crippen LogP contribution in [0.3, 0.4) is 0 Å². The summed E-state index contributed by atoms with van der Waals surface area (Å²) in [6.45, 7) is 1.09. The van der Waals surface area contributed by atoms with Gasteiger partial charge in [0.2, 0.25) is 0 Å². The summed E-state index contributed by atoms with van der Waals surface area (Å²) in [7, 11) is 8.48. The maximum Gasteiger partial charge on any atom is 0.500 e. The molecule has 0 saturated heterocycles. The molecule has 0 aromatic heterocycles. The SMILES string of the molecule is CO[Si](CCCSSN(C)CC1C=CC=CC1)(OC)OC. The molecule has 7 heteroatoms. The highest BCUT2D eigenvalue weighted by Crippen LogP contribution is 2.28. The molecule has 1 rings (SSSR count). The molecule has 0 aromatic rings. The lowest BCUT2D eigenvalue weighted by atomic mass is 10.0. The van der Waals surface area contributed by atoms with Crippen molar-refractivity contribution in [1.29, 1.82) is 0 Å². The molecule has 1 unspecified atom stereocenters. The Kier molecular flexibility index (Phi) is 9.99. The molecule has 1 atom stereocenters. The van der Waals surface area contributed by atoms with E-state index in [4.69, 9.17) is 13.3 Å². The van der Waals surface area contributed by atoms with Gasteiger partial charge in [0.05, 0.1) is 0 Å². The summed E-state index contributed by atoms with van der Waals surface area (Å²) in [5, 5.41) is 0. The highest BCUT2D eigenvalue weighted by Gasteiger charge is 2.36. The van der Waals surface area contributed by atoms with Gasteiger partial charge in [0, 0.05) is 39.7 Å². The Morgan fingerprint density at radius 3 is 2.48 bits per heavy atom. The Hall–Kier alpha value is 0.237. The topological polar surface area (TPSA) is 30.9 Å². The van der Waals surface area contributed by atoms with Gasteiger partial charge in [-0.05, 0) is 36.8 Å². The minimum atomic E-state index is -2.38. The van der Waals surface area contributed by atoms with Crippen LogP contribution in [0.1, 0.15) is 12.8 Å². The van der Waals surface area contributed by atoms with E-state index in [1.807, 2.05) is 21.8 Å². The lowest BCUT2D eigenvalue weighted by Gasteiger charge is -2.24. The summed E-state index contributed by atoms with van der Waals surface area (Å²) >= 11 is 0. The van der Waals surface area contributed by atoms with E-state index in [1.165, 1.54) is 0 Å². The molecule has 1 aliphatic carbocycles. The zero-order valence-corrected chi connectivity index (χ0v) is 16.0. The van der Waals surface area contributed by atoms with E-state index < -0.39 is 8.80 Å². The molecule has 122 valence electrons. The van der Waals surface area contributed by atoms with Crippen LogP contribution in [0.2, 0.25) is 6.04 Å². The highest BCUT2D eigenvalue weighted by molar-refractivity contribution is 8.75. The molecule has 0 aromatic carbocycles. The molecule has 0 radical (unpaired) electrons. The molecule has 0 N–H and O–H groups in total. The van der Waals surface area contributed by atoms with Crippen molar-refractivity contribution in [2.24, 2.45) is 5.92 Å². The molecule has 1 aliphatic rings. The van der Waals surface area contributed by atoms with Gasteiger partial charge in [0.1, 0.15) is 0 Å². The van der Waals surface area contributed by atoms with E-state index >= 15 is 0 Å². The van der Waals surface area contributed by atoms with Gasteiger partial charge >= 0.3 is 8.80 Å². The molecular formula is C14H27NO3S2Si. The Balaban J connectivity index is 2.10. The average molecular weight is 350 g/mol. The van der Waals surface area contributed by atoms with Crippen molar-refractivity contribution in [3.05, 3.63) is 24.3 Å². The number of allylic oxidation sites excluding steroid dienone is 3. The van der Waals surface area contributed by atoms with E-state index in [2.05, 4.69) is 35.7 Å². The van der Waals surface area contributed by atoms with Crippen molar-refractivity contribution in [3.63, 3.8) is 0 Å². The van der Waals surface area contributed by atoms with Crippen molar-refractivity contribution in [1.82, 2.24) is 4.31 Å². The first-order valence-corrected chi connectivity index (χ1v) is 11.4. The van der Waals surface area contributed by atoms with Crippen LogP contribution >= 0.6 is 21.8 Å². The Bertz CT molecular complexity index is 330. The van der Waals surface area contributed by atoms with Gasteiger partial charge < -0.3 is 13.3 Å². The second kappa shape index (κ2) is 10.9.